The second-order valence-corrected chi connectivity index (χ2v) is 7.60. The molecule has 1 fully saturated rings. The summed E-state index contributed by atoms with van der Waals surface area (Å²) >= 11 is 0. The fourth-order valence-corrected chi connectivity index (χ4v) is 3.46. The highest BCUT2D eigenvalue weighted by molar-refractivity contribution is 5.76. The first kappa shape index (κ1) is 22.5. The van der Waals surface area contributed by atoms with Crippen molar-refractivity contribution >= 4 is 11.8 Å². The van der Waals surface area contributed by atoms with Crippen LogP contribution in [0.15, 0.2) is 60.7 Å². The van der Waals surface area contributed by atoms with Crippen LogP contribution in [-0.2, 0) is 0 Å². The number of hydrogen-bond donors (Lipinski definition) is 4. The molecule has 2 heterocycles. The number of rotatable bonds is 9. The molecule has 0 bridgehead atoms. The van der Waals surface area contributed by atoms with Gasteiger partial charge in [-0.3, -0.25) is 0 Å². The summed E-state index contributed by atoms with van der Waals surface area (Å²) in [6.45, 7) is 1.89. The first-order valence-electron chi connectivity index (χ1n) is 10.6. The number of amides is 2. The fraction of sp³-hybridized carbons (Fsp3) is 0.250. The molecule has 3 aromatic rings. The van der Waals surface area contributed by atoms with Gasteiger partial charge in [0.1, 0.15) is 29.2 Å². The molecule has 1 saturated heterocycles. The van der Waals surface area contributed by atoms with Crippen LogP contribution in [0.3, 0.4) is 0 Å². The number of urea groups is 1. The lowest BCUT2D eigenvalue weighted by molar-refractivity contribution is 0.0956. The van der Waals surface area contributed by atoms with E-state index in [-0.39, 0.29) is 11.8 Å². The molecular weight excluding hydrogens is 427 g/mol. The van der Waals surface area contributed by atoms with Crippen LogP contribution in [-0.4, -0.2) is 58.9 Å². The maximum absolute atomic E-state index is 13.1. The normalized spacial score (nSPS) is 14.2. The van der Waals surface area contributed by atoms with Gasteiger partial charge >= 0.3 is 6.03 Å². The monoisotopic (exact) mass is 452 g/mol. The van der Waals surface area contributed by atoms with Crippen molar-refractivity contribution in [2.45, 2.75) is 6.10 Å². The Bertz CT molecular complexity index is 1090. The Hall–Kier alpha value is -3.69. The minimum atomic E-state index is -1.04. The molecule has 0 saturated carbocycles. The number of halogens is 1. The van der Waals surface area contributed by atoms with E-state index in [9.17, 15) is 19.4 Å². The van der Waals surface area contributed by atoms with Gasteiger partial charge in [-0.15, -0.1) is 0 Å². The Kier molecular flexibility index (Phi) is 7.01. The third-order valence-electron chi connectivity index (χ3n) is 5.24. The largest absolute Gasteiger partial charge is 0.457 e. The van der Waals surface area contributed by atoms with Crippen LogP contribution < -0.4 is 15.4 Å². The van der Waals surface area contributed by atoms with Crippen LogP contribution in [0.1, 0.15) is 11.7 Å². The number of aliphatic hydroxyl groups is 2. The number of ether oxygens (including phenoxy) is 1. The number of hydrogen-bond acceptors (Lipinski definition) is 6. The van der Waals surface area contributed by atoms with Crippen LogP contribution in [0.2, 0.25) is 0 Å². The number of aliphatic hydroxyl groups excluding tert-OH is 2. The average Bonchev–Trinajstić information content (AvgIpc) is 3.25. The SMILES string of the molecule is O=C1NCCN1CCNc1cc(C(O)CO)cc(-c2ccc(Oc3ccc(F)cc3)cc2)n1. The molecule has 2 aromatic carbocycles. The van der Waals surface area contributed by atoms with Gasteiger partial charge in [0, 0.05) is 31.7 Å². The van der Waals surface area contributed by atoms with Crippen LogP contribution in [0.5, 0.6) is 11.5 Å². The van der Waals surface area contributed by atoms with Gasteiger partial charge in [-0.05, 0) is 66.2 Å². The van der Waals surface area contributed by atoms with Gasteiger partial charge in [0.15, 0.2) is 0 Å². The Labute approximate surface area is 190 Å². The third-order valence-corrected chi connectivity index (χ3v) is 5.24. The van der Waals surface area contributed by atoms with E-state index in [0.717, 1.165) is 5.56 Å². The molecule has 4 rings (SSSR count). The maximum atomic E-state index is 13.1. The molecule has 0 spiro atoms. The number of carbonyl (C=O) groups excluding carboxylic acids is 1. The summed E-state index contributed by atoms with van der Waals surface area (Å²) in [5.74, 6) is 1.30. The van der Waals surface area contributed by atoms with Gasteiger partial charge in [-0.25, -0.2) is 14.2 Å². The number of anilines is 1. The topological polar surface area (TPSA) is 107 Å². The summed E-state index contributed by atoms with van der Waals surface area (Å²) in [5.41, 5.74) is 1.92. The van der Waals surface area contributed by atoms with Gasteiger partial charge in [0.25, 0.3) is 0 Å². The Balaban J connectivity index is 1.49. The molecule has 4 N–H and O–H groups in total. The standard InChI is InChI=1S/C24H25FN4O4/c25-18-3-7-20(8-4-18)33-19-5-1-16(2-6-19)21-13-17(22(31)15-30)14-23(28-21)26-9-11-29-12-10-27-24(29)32/h1-8,13-14,22,30-31H,9-12,15H2,(H,26,28)(H,27,32). The Morgan fingerprint density at radius 2 is 1.82 bits per heavy atom. The third kappa shape index (κ3) is 5.76. The Morgan fingerprint density at radius 3 is 2.45 bits per heavy atom. The summed E-state index contributed by atoms with van der Waals surface area (Å²) in [5, 5.41) is 25.5. The smallest absolute Gasteiger partial charge is 0.317 e. The summed E-state index contributed by atoms with van der Waals surface area (Å²) in [4.78, 5) is 18.0. The second-order valence-electron chi connectivity index (χ2n) is 7.60. The number of nitrogens with one attached hydrogen (secondary N) is 2. The van der Waals surface area contributed by atoms with E-state index < -0.39 is 12.7 Å². The van der Waals surface area contributed by atoms with Crippen LogP contribution >= 0.6 is 0 Å². The zero-order chi connectivity index (χ0) is 23.2. The molecule has 1 atom stereocenters. The van der Waals surface area contributed by atoms with E-state index in [1.54, 1.807) is 41.3 Å². The highest BCUT2D eigenvalue weighted by Gasteiger charge is 2.18. The number of aromatic nitrogens is 1. The quantitative estimate of drug-likeness (QED) is 0.397. The van der Waals surface area contributed by atoms with E-state index in [1.807, 2.05) is 12.1 Å². The lowest BCUT2D eigenvalue weighted by Crippen LogP contribution is -2.32. The highest BCUT2D eigenvalue weighted by atomic mass is 19.1. The second kappa shape index (κ2) is 10.3. The molecule has 33 heavy (non-hydrogen) atoms. The van der Waals surface area contributed by atoms with Crippen molar-refractivity contribution in [1.82, 2.24) is 15.2 Å². The van der Waals surface area contributed by atoms with Crippen molar-refractivity contribution in [3.05, 3.63) is 72.0 Å². The lowest BCUT2D eigenvalue weighted by atomic mass is 10.1. The van der Waals surface area contributed by atoms with Crippen molar-refractivity contribution in [2.75, 3.05) is 38.1 Å². The number of carbonyl (C=O) groups is 1. The summed E-state index contributed by atoms with van der Waals surface area (Å²) in [6.07, 6.45) is -1.04. The molecule has 1 unspecified atom stereocenters. The zero-order valence-electron chi connectivity index (χ0n) is 17.9. The van der Waals surface area contributed by atoms with Gasteiger partial charge in [-0.1, -0.05) is 0 Å². The van der Waals surface area contributed by atoms with Crippen molar-refractivity contribution in [1.29, 1.82) is 0 Å². The molecule has 1 aliphatic heterocycles. The molecular formula is C24H25FN4O4. The molecule has 2 amide bonds. The number of pyridine rings is 1. The van der Waals surface area contributed by atoms with Gasteiger partial charge in [0.05, 0.1) is 12.3 Å². The minimum absolute atomic E-state index is 0.0853. The van der Waals surface area contributed by atoms with Gasteiger partial charge < -0.3 is 30.5 Å². The lowest BCUT2D eigenvalue weighted by Gasteiger charge is -2.16. The first-order valence-corrected chi connectivity index (χ1v) is 10.6. The molecule has 172 valence electrons. The van der Waals surface area contributed by atoms with Crippen molar-refractivity contribution in [3.8, 4) is 22.8 Å². The van der Waals surface area contributed by atoms with E-state index >= 15 is 0 Å². The molecule has 1 aromatic heterocycles. The van der Waals surface area contributed by atoms with E-state index in [2.05, 4.69) is 15.6 Å². The van der Waals surface area contributed by atoms with Crippen LogP contribution in [0, 0.1) is 5.82 Å². The zero-order valence-corrected chi connectivity index (χ0v) is 17.9. The van der Waals surface area contributed by atoms with Gasteiger partial charge in [-0.2, -0.15) is 0 Å². The summed E-state index contributed by atoms with van der Waals surface area (Å²) in [7, 11) is 0. The van der Waals surface area contributed by atoms with E-state index in [0.29, 0.717) is 54.8 Å². The minimum Gasteiger partial charge on any atom is -0.457 e. The predicted octanol–water partition coefficient (Wildman–Crippen LogP) is 3.14. The fourth-order valence-electron chi connectivity index (χ4n) is 3.46. The maximum Gasteiger partial charge on any atom is 0.317 e. The molecule has 8 nitrogen and oxygen atoms in total. The van der Waals surface area contributed by atoms with Crippen molar-refractivity contribution in [3.63, 3.8) is 0 Å². The molecule has 9 heteroatoms. The number of benzene rings is 2. The summed E-state index contributed by atoms with van der Waals surface area (Å²) in [6, 6.07) is 16.3. The first-order chi connectivity index (χ1) is 16.0. The number of nitrogens with zero attached hydrogens (tertiary/aromatic N) is 2. The molecule has 1 aliphatic rings. The van der Waals surface area contributed by atoms with E-state index in [4.69, 9.17) is 4.74 Å². The van der Waals surface area contributed by atoms with Crippen molar-refractivity contribution in [2.24, 2.45) is 0 Å². The Morgan fingerprint density at radius 1 is 1.12 bits per heavy atom. The molecule has 0 aliphatic carbocycles. The highest BCUT2D eigenvalue weighted by Crippen LogP contribution is 2.28. The molecule has 0 radical (unpaired) electrons. The van der Waals surface area contributed by atoms with Crippen LogP contribution in [0.4, 0.5) is 15.0 Å². The van der Waals surface area contributed by atoms with E-state index in [1.165, 1.54) is 12.1 Å². The van der Waals surface area contributed by atoms with Crippen molar-refractivity contribution < 1.29 is 24.1 Å². The predicted molar refractivity (Wildman–Crippen MR) is 122 cm³/mol. The van der Waals surface area contributed by atoms with Gasteiger partial charge in [0.2, 0.25) is 0 Å². The average molecular weight is 452 g/mol. The summed E-state index contributed by atoms with van der Waals surface area (Å²) < 4.78 is 18.8. The van der Waals surface area contributed by atoms with Crippen LogP contribution in [0.25, 0.3) is 11.3 Å².